The van der Waals surface area contributed by atoms with Crippen molar-refractivity contribution in [1.29, 1.82) is 0 Å². The molecule has 1 aliphatic rings. The average molecular weight is 563 g/mol. The molecule has 0 aromatic heterocycles. The van der Waals surface area contributed by atoms with Crippen molar-refractivity contribution in [3.8, 4) is 0 Å². The fourth-order valence-corrected chi connectivity index (χ4v) is 5.16. The van der Waals surface area contributed by atoms with E-state index >= 15 is 0 Å². The molecule has 214 valence electrons. The number of benzene rings is 3. The maximum absolute atomic E-state index is 13.6. The third-order valence-corrected chi connectivity index (χ3v) is 7.49. The van der Waals surface area contributed by atoms with E-state index in [0.717, 1.165) is 36.1 Å². The molecule has 0 N–H and O–H groups in total. The van der Waals surface area contributed by atoms with Gasteiger partial charge in [0.15, 0.2) is 0 Å². The summed E-state index contributed by atoms with van der Waals surface area (Å²) < 4.78 is 80.8. The Kier molecular flexibility index (Phi) is 8.93. The first-order valence-electron chi connectivity index (χ1n) is 13.2. The third-order valence-electron chi connectivity index (χ3n) is 7.49. The van der Waals surface area contributed by atoms with Crippen LogP contribution in [-0.2, 0) is 25.2 Å². The Labute approximate surface area is 230 Å². The molecule has 1 fully saturated rings. The minimum atomic E-state index is -5.02. The second-order valence-corrected chi connectivity index (χ2v) is 10.5. The molecule has 0 spiro atoms. The van der Waals surface area contributed by atoms with Crippen LogP contribution in [0, 0.1) is 13.8 Å². The van der Waals surface area contributed by atoms with Gasteiger partial charge in [-0.15, -0.1) is 0 Å². The second kappa shape index (κ2) is 12.0. The lowest BCUT2D eigenvalue weighted by Gasteiger charge is -2.42. The summed E-state index contributed by atoms with van der Waals surface area (Å²) in [6.07, 6.45) is -7.84. The monoisotopic (exact) mass is 562 g/mol. The minimum absolute atomic E-state index is 0.0496. The Hall–Kier alpha value is -3.33. The molecule has 1 amide bonds. The van der Waals surface area contributed by atoms with Crippen molar-refractivity contribution in [2.75, 3.05) is 26.2 Å². The van der Waals surface area contributed by atoms with Crippen molar-refractivity contribution in [2.24, 2.45) is 0 Å². The van der Waals surface area contributed by atoms with Crippen molar-refractivity contribution in [3.63, 3.8) is 0 Å². The number of alkyl halides is 6. The molecule has 1 heterocycles. The summed E-state index contributed by atoms with van der Waals surface area (Å²) >= 11 is 0. The van der Waals surface area contributed by atoms with Gasteiger partial charge in [0.1, 0.15) is 0 Å². The topological polar surface area (TPSA) is 23.6 Å². The summed E-state index contributed by atoms with van der Waals surface area (Å²) in [5.41, 5.74) is 0.756. The molecule has 3 aromatic rings. The molecule has 3 nitrogen and oxygen atoms in total. The second-order valence-electron chi connectivity index (χ2n) is 10.5. The van der Waals surface area contributed by atoms with Crippen LogP contribution in [0.4, 0.5) is 26.3 Å². The van der Waals surface area contributed by atoms with Crippen molar-refractivity contribution in [2.45, 2.75) is 51.5 Å². The van der Waals surface area contributed by atoms with E-state index in [0.29, 0.717) is 31.6 Å². The summed E-state index contributed by atoms with van der Waals surface area (Å²) in [6.45, 7) is 5.88. The number of piperazine rings is 1. The molecule has 1 aliphatic heterocycles. The number of nitrogens with zero attached hydrogens (tertiary/aromatic N) is 2. The van der Waals surface area contributed by atoms with Gasteiger partial charge in [-0.25, -0.2) is 0 Å². The molecule has 0 radical (unpaired) electrons. The van der Waals surface area contributed by atoms with E-state index in [-0.39, 0.29) is 12.6 Å². The summed E-state index contributed by atoms with van der Waals surface area (Å²) in [7, 11) is 0. The maximum Gasteiger partial charge on any atom is 0.416 e. The number of hydrogen-bond acceptors (Lipinski definition) is 2. The third kappa shape index (κ3) is 7.44. The van der Waals surface area contributed by atoms with Crippen molar-refractivity contribution < 1.29 is 31.1 Å². The standard InChI is InChI=1S/C31H32F6N2O/c1-21-10-11-24(15-22(21)2)16-28-20-38(12-6-9-23-7-4-3-5-8-23)13-14-39(28)29(40)25-17-26(30(32,33)34)19-27(18-25)31(35,36)37/h3-5,7-8,10-11,15,17-19,28H,6,9,12-14,16,20H2,1-2H3. The Bertz CT molecular complexity index is 1290. The molecule has 3 aromatic carbocycles. The molecule has 4 rings (SSSR count). The van der Waals surface area contributed by atoms with Gasteiger partial charge >= 0.3 is 12.4 Å². The predicted octanol–water partition coefficient (Wildman–Crippen LogP) is 7.34. The Balaban J connectivity index is 1.59. The molecule has 9 heteroatoms. The number of hydrogen-bond donors (Lipinski definition) is 0. The number of carbonyl (C=O) groups is 1. The fourth-order valence-electron chi connectivity index (χ4n) is 5.16. The SMILES string of the molecule is Cc1ccc(CC2CN(CCCc3ccccc3)CCN2C(=O)c2cc(C(F)(F)F)cc(C(F)(F)F)c2)cc1C. The molecule has 0 saturated carbocycles. The first-order chi connectivity index (χ1) is 18.8. The van der Waals surface area contributed by atoms with Gasteiger partial charge in [0.2, 0.25) is 0 Å². The van der Waals surface area contributed by atoms with Crippen molar-refractivity contribution >= 4 is 5.91 Å². The smallest absolute Gasteiger partial charge is 0.333 e. The van der Waals surface area contributed by atoms with E-state index in [2.05, 4.69) is 17.0 Å². The number of amides is 1. The van der Waals surface area contributed by atoms with E-state index in [1.807, 2.05) is 50.2 Å². The largest absolute Gasteiger partial charge is 0.416 e. The lowest BCUT2D eigenvalue weighted by atomic mass is 9.97. The Morgan fingerprint density at radius 3 is 2.05 bits per heavy atom. The fraction of sp³-hybridized carbons (Fsp3) is 0.387. The highest BCUT2D eigenvalue weighted by Gasteiger charge is 2.39. The van der Waals surface area contributed by atoms with Crippen LogP contribution in [0.3, 0.4) is 0 Å². The van der Waals surface area contributed by atoms with Gasteiger partial charge in [-0.3, -0.25) is 9.69 Å². The number of rotatable bonds is 7. The van der Waals surface area contributed by atoms with Gasteiger partial charge in [0.25, 0.3) is 5.91 Å². The highest BCUT2D eigenvalue weighted by atomic mass is 19.4. The van der Waals surface area contributed by atoms with Crippen LogP contribution in [0.1, 0.15) is 50.2 Å². The normalized spacial score (nSPS) is 16.8. The van der Waals surface area contributed by atoms with Crippen LogP contribution in [0.15, 0.2) is 66.7 Å². The summed E-state index contributed by atoms with van der Waals surface area (Å²) in [5, 5.41) is 0. The van der Waals surface area contributed by atoms with Crippen molar-refractivity contribution in [1.82, 2.24) is 9.80 Å². The molecule has 1 atom stereocenters. The Morgan fingerprint density at radius 1 is 0.800 bits per heavy atom. The van der Waals surface area contributed by atoms with E-state index in [1.165, 1.54) is 10.5 Å². The van der Waals surface area contributed by atoms with Gasteiger partial charge in [-0.1, -0.05) is 48.5 Å². The first-order valence-corrected chi connectivity index (χ1v) is 13.2. The van der Waals surface area contributed by atoms with Crippen LogP contribution in [0.25, 0.3) is 0 Å². The van der Waals surface area contributed by atoms with E-state index in [9.17, 15) is 31.1 Å². The molecule has 0 aliphatic carbocycles. The zero-order valence-corrected chi connectivity index (χ0v) is 22.4. The van der Waals surface area contributed by atoms with E-state index in [1.54, 1.807) is 0 Å². The molecule has 1 unspecified atom stereocenters. The van der Waals surface area contributed by atoms with Gasteiger partial charge < -0.3 is 4.90 Å². The van der Waals surface area contributed by atoms with Crippen LogP contribution in [0.2, 0.25) is 0 Å². The zero-order valence-electron chi connectivity index (χ0n) is 22.4. The van der Waals surface area contributed by atoms with Gasteiger partial charge in [-0.05, 0) is 80.1 Å². The molecule has 40 heavy (non-hydrogen) atoms. The molecular weight excluding hydrogens is 530 g/mol. The van der Waals surface area contributed by atoms with Crippen molar-refractivity contribution in [3.05, 3.63) is 106 Å². The van der Waals surface area contributed by atoms with Crippen LogP contribution >= 0.6 is 0 Å². The molecule has 1 saturated heterocycles. The minimum Gasteiger partial charge on any atom is -0.333 e. The maximum atomic E-state index is 13.6. The predicted molar refractivity (Wildman–Crippen MR) is 142 cm³/mol. The lowest BCUT2D eigenvalue weighted by molar-refractivity contribution is -0.143. The highest BCUT2D eigenvalue weighted by Crippen LogP contribution is 2.37. The lowest BCUT2D eigenvalue weighted by Crippen LogP contribution is -2.56. The summed E-state index contributed by atoms with van der Waals surface area (Å²) in [6, 6.07) is 16.7. The highest BCUT2D eigenvalue weighted by molar-refractivity contribution is 5.95. The Morgan fingerprint density at radius 2 is 1.45 bits per heavy atom. The van der Waals surface area contributed by atoms with E-state index < -0.39 is 41.0 Å². The summed E-state index contributed by atoms with van der Waals surface area (Å²) in [5.74, 6) is -0.825. The quantitative estimate of drug-likeness (QED) is 0.281. The number of aryl methyl sites for hydroxylation is 3. The summed E-state index contributed by atoms with van der Waals surface area (Å²) in [4.78, 5) is 17.2. The van der Waals surface area contributed by atoms with Gasteiger partial charge in [-0.2, -0.15) is 26.3 Å². The zero-order chi connectivity index (χ0) is 29.1. The molecular formula is C31H32F6N2O. The van der Waals surface area contributed by atoms with Crippen LogP contribution in [-0.4, -0.2) is 47.9 Å². The average Bonchev–Trinajstić information content (AvgIpc) is 2.90. The van der Waals surface area contributed by atoms with Crippen LogP contribution < -0.4 is 0 Å². The first kappa shape index (κ1) is 29.6. The van der Waals surface area contributed by atoms with Crippen LogP contribution in [0.5, 0.6) is 0 Å². The number of halogens is 6. The molecule has 0 bridgehead atoms. The van der Waals surface area contributed by atoms with Gasteiger partial charge in [0, 0.05) is 31.2 Å². The van der Waals surface area contributed by atoms with Gasteiger partial charge in [0.05, 0.1) is 11.1 Å². The van der Waals surface area contributed by atoms with E-state index in [4.69, 9.17) is 0 Å². The number of carbonyl (C=O) groups excluding carboxylic acids is 1.